The maximum atomic E-state index is 12.0. The van der Waals surface area contributed by atoms with Crippen LogP contribution < -0.4 is 4.74 Å². The lowest BCUT2D eigenvalue weighted by Gasteiger charge is -2.23. The molecule has 1 heterocycles. The van der Waals surface area contributed by atoms with E-state index in [0.717, 1.165) is 4.47 Å². The molecule has 0 unspecified atom stereocenters. The normalized spacial score (nSPS) is 20.6. The SMILES string of the molecule is CN(C(=O)COc1ccc(Br)cc1)[C@H]1CCS(=O)(=O)C1. The molecular formula is C13H16BrNO4S. The summed E-state index contributed by atoms with van der Waals surface area (Å²) in [5.41, 5.74) is 0. The van der Waals surface area contributed by atoms with Gasteiger partial charge in [-0.3, -0.25) is 4.79 Å². The van der Waals surface area contributed by atoms with E-state index in [4.69, 9.17) is 4.74 Å². The molecule has 1 aliphatic rings. The largest absolute Gasteiger partial charge is 0.484 e. The van der Waals surface area contributed by atoms with Gasteiger partial charge in [0.05, 0.1) is 11.5 Å². The van der Waals surface area contributed by atoms with Crippen LogP contribution in [0.5, 0.6) is 5.75 Å². The minimum absolute atomic E-state index is 0.0491. The van der Waals surface area contributed by atoms with Gasteiger partial charge in [-0.1, -0.05) is 15.9 Å². The molecule has 0 aliphatic carbocycles. The fourth-order valence-electron chi connectivity index (χ4n) is 2.06. The average molecular weight is 362 g/mol. The van der Waals surface area contributed by atoms with Crippen molar-refractivity contribution in [2.75, 3.05) is 25.2 Å². The molecule has 5 nitrogen and oxygen atoms in total. The Balaban J connectivity index is 1.87. The summed E-state index contributed by atoms with van der Waals surface area (Å²) in [5.74, 6) is 0.597. The van der Waals surface area contributed by atoms with Crippen molar-refractivity contribution < 1.29 is 17.9 Å². The van der Waals surface area contributed by atoms with Crippen LogP contribution in [0.25, 0.3) is 0 Å². The fourth-order valence-corrected chi connectivity index (χ4v) is 4.10. The molecule has 1 aromatic carbocycles. The van der Waals surface area contributed by atoms with E-state index in [1.54, 1.807) is 19.2 Å². The number of sulfone groups is 1. The van der Waals surface area contributed by atoms with Crippen molar-refractivity contribution in [3.8, 4) is 5.75 Å². The number of amides is 1. The Kier molecular flexibility index (Phi) is 4.70. The second kappa shape index (κ2) is 6.13. The predicted octanol–water partition coefficient (Wildman–Crippen LogP) is 1.47. The van der Waals surface area contributed by atoms with E-state index >= 15 is 0 Å². The number of hydrogen-bond donors (Lipinski definition) is 0. The number of rotatable bonds is 4. The molecule has 0 saturated carbocycles. The van der Waals surface area contributed by atoms with Gasteiger partial charge in [0.15, 0.2) is 16.4 Å². The van der Waals surface area contributed by atoms with E-state index in [9.17, 15) is 13.2 Å². The van der Waals surface area contributed by atoms with Crippen LogP contribution in [0.1, 0.15) is 6.42 Å². The standard InChI is InChI=1S/C13H16BrNO4S/c1-15(11-6-7-20(17,18)9-11)13(16)8-19-12-4-2-10(14)3-5-12/h2-5,11H,6-9H2,1H3/t11-/m0/s1. The Hall–Kier alpha value is -1.08. The van der Waals surface area contributed by atoms with Gasteiger partial charge in [-0.05, 0) is 30.7 Å². The molecule has 2 rings (SSSR count). The highest BCUT2D eigenvalue weighted by Crippen LogP contribution is 2.18. The Morgan fingerprint density at radius 3 is 2.60 bits per heavy atom. The Bertz CT molecular complexity index is 585. The van der Waals surface area contributed by atoms with E-state index < -0.39 is 9.84 Å². The molecule has 110 valence electrons. The molecule has 1 fully saturated rings. The monoisotopic (exact) mass is 361 g/mol. The average Bonchev–Trinajstić information content (AvgIpc) is 2.77. The van der Waals surface area contributed by atoms with Crippen LogP contribution in [0.3, 0.4) is 0 Å². The second-order valence-electron chi connectivity index (χ2n) is 4.80. The molecule has 0 radical (unpaired) electrons. The summed E-state index contributed by atoms with van der Waals surface area (Å²) in [5, 5.41) is 0. The van der Waals surface area contributed by atoms with Crippen molar-refractivity contribution in [3.63, 3.8) is 0 Å². The molecule has 0 bridgehead atoms. The third kappa shape index (κ3) is 3.96. The van der Waals surface area contributed by atoms with Crippen molar-refractivity contribution >= 4 is 31.7 Å². The maximum absolute atomic E-state index is 12.0. The van der Waals surface area contributed by atoms with Crippen molar-refractivity contribution in [3.05, 3.63) is 28.7 Å². The first kappa shape index (κ1) is 15.3. The summed E-state index contributed by atoms with van der Waals surface area (Å²) < 4.78 is 29.1. The lowest BCUT2D eigenvalue weighted by atomic mass is 10.2. The highest BCUT2D eigenvalue weighted by atomic mass is 79.9. The molecular weight excluding hydrogens is 346 g/mol. The van der Waals surface area contributed by atoms with Gasteiger partial charge in [-0.15, -0.1) is 0 Å². The predicted molar refractivity (Wildman–Crippen MR) is 79.5 cm³/mol. The van der Waals surface area contributed by atoms with Gasteiger partial charge >= 0.3 is 0 Å². The number of ether oxygens (including phenoxy) is 1. The van der Waals surface area contributed by atoms with Gasteiger partial charge in [-0.2, -0.15) is 0 Å². The van der Waals surface area contributed by atoms with Crippen LogP contribution in [0.2, 0.25) is 0 Å². The molecule has 7 heteroatoms. The van der Waals surface area contributed by atoms with Gasteiger partial charge in [0.25, 0.3) is 5.91 Å². The second-order valence-corrected chi connectivity index (χ2v) is 7.95. The minimum Gasteiger partial charge on any atom is -0.484 e. The summed E-state index contributed by atoms with van der Waals surface area (Å²) >= 11 is 3.32. The Morgan fingerprint density at radius 1 is 1.40 bits per heavy atom. The molecule has 20 heavy (non-hydrogen) atoms. The minimum atomic E-state index is -2.99. The molecule has 0 N–H and O–H groups in total. The summed E-state index contributed by atoms with van der Waals surface area (Å²) in [6.07, 6.45) is 0.503. The van der Waals surface area contributed by atoms with Gasteiger partial charge in [0.1, 0.15) is 5.75 Å². The van der Waals surface area contributed by atoms with E-state index in [0.29, 0.717) is 12.2 Å². The molecule has 1 saturated heterocycles. The van der Waals surface area contributed by atoms with Crippen LogP contribution in [-0.2, 0) is 14.6 Å². The quantitative estimate of drug-likeness (QED) is 0.814. The van der Waals surface area contributed by atoms with Gasteiger partial charge in [0, 0.05) is 17.6 Å². The van der Waals surface area contributed by atoms with Crippen LogP contribution >= 0.6 is 15.9 Å². The number of carbonyl (C=O) groups excluding carboxylic acids is 1. The third-order valence-corrected chi connectivity index (χ3v) is 5.60. The number of hydrogen-bond acceptors (Lipinski definition) is 4. The molecule has 1 aliphatic heterocycles. The van der Waals surface area contributed by atoms with Crippen LogP contribution in [0.4, 0.5) is 0 Å². The number of carbonyl (C=O) groups is 1. The van der Waals surface area contributed by atoms with Crippen molar-refractivity contribution in [1.29, 1.82) is 0 Å². The first-order valence-electron chi connectivity index (χ1n) is 6.22. The van der Waals surface area contributed by atoms with E-state index in [1.807, 2.05) is 12.1 Å². The summed E-state index contributed by atoms with van der Waals surface area (Å²) in [6, 6.07) is 6.94. The van der Waals surface area contributed by atoms with E-state index in [-0.39, 0.29) is 30.1 Å². The van der Waals surface area contributed by atoms with Crippen LogP contribution in [0.15, 0.2) is 28.7 Å². The van der Waals surface area contributed by atoms with Crippen molar-refractivity contribution in [2.24, 2.45) is 0 Å². The Labute approximate surface area is 127 Å². The van der Waals surface area contributed by atoms with Crippen LogP contribution in [0, 0.1) is 0 Å². The molecule has 1 amide bonds. The first-order chi connectivity index (χ1) is 9.37. The summed E-state index contributed by atoms with van der Waals surface area (Å²) in [6.45, 7) is -0.0886. The maximum Gasteiger partial charge on any atom is 0.260 e. The van der Waals surface area contributed by atoms with Gasteiger partial charge in [0.2, 0.25) is 0 Å². The van der Waals surface area contributed by atoms with Gasteiger partial charge in [-0.25, -0.2) is 8.42 Å². The summed E-state index contributed by atoms with van der Waals surface area (Å²) in [4.78, 5) is 13.5. The molecule has 0 spiro atoms. The molecule has 0 aromatic heterocycles. The lowest BCUT2D eigenvalue weighted by Crippen LogP contribution is -2.40. The Morgan fingerprint density at radius 2 is 2.05 bits per heavy atom. The molecule has 1 atom stereocenters. The van der Waals surface area contributed by atoms with E-state index in [1.165, 1.54) is 4.90 Å². The molecule has 1 aromatic rings. The number of benzene rings is 1. The first-order valence-corrected chi connectivity index (χ1v) is 8.83. The highest BCUT2D eigenvalue weighted by Gasteiger charge is 2.32. The van der Waals surface area contributed by atoms with Crippen LogP contribution in [-0.4, -0.2) is 50.4 Å². The number of nitrogens with zero attached hydrogens (tertiary/aromatic N) is 1. The highest BCUT2D eigenvalue weighted by molar-refractivity contribution is 9.10. The van der Waals surface area contributed by atoms with Crippen molar-refractivity contribution in [2.45, 2.75) is 12.5 Å². The fraction of sp³-hybridized carbons (Fsp3) is 0.462. The number of halogens is 1. The zero-order valence-corrected chi connectivity index (χ0v) is 13.5. The third-order valence-electron chi connectivity index (χ3n) is 3.33. The number of likely N-dealkylation sites (N-methyl/N-ethyl adjacent to an activating group) is 1. The topological polar surface area (TPSA) is 63.7 Å². The lowest BCUT2D eigenvalue weighted by molar-refractivity contribution is -0.133. The summed E-state index contributed by atoms with van der Waals surface area (Å²) in [7, 11) is -1.36. The smallest absolute Gasteiger partial charge is 0.260 e. The van der Waals surface area contributed by atoms with Crippen molar-refractivity contribution in [1.82, 2.24) is 4.90 Å². The van der Waals surface area contributed by atoms with Gasteiger partial charge < -0.3 is 9.64 Å². The zero-order chi connectivity index (χ0) is 14.8. The van der Waals surface area contributed by atoms with E-state index in [2.05, 4.69) is 15.9 Å². The zero-order valence-electron chi connectivity index (χ0n) is 11.1.